The first-order valence-corrected chi connectivity index (χ1v) is 11.8. The number of rotatable bonds is 7. The standard InChI is InChI=1S/C24H27N5OS2.H3N/c1-15(2)23-27-12-16(32-23)11-26-19-7-5-4-6-18(19)24(14-31)13-28-20(10-25)17-8-9-21(30-3)29-22(17)24;/h4-10,12,14-15,26,28H,11,13,25H2,1-3H3;1H3/b20-10-;. The molecular weight excluding hydrogens is 452 g/mol. The third kappa shape index (κ3) is 4.57. The molecule has 3 aromatic rings. The van der Waals surface area contributed by atoms with Gasteiger partial charge in [0.2, 0.25) is 5.88 Å². The molecule has 7 nitrogen and oxygen atoms in total. The van der Waals surface area contributed by atoms with E-state index in [-0.39, 0.29) is 6.15 Å². The van der Waals surface area contributed by atoms with Crippen molar-refractivity contribution in [2.75, 3.05) is 19.0 Å². The number of hydrogen-bond donors (Lipinski definition) is 4. The number of thiocarbonyl (C=S) groups is 1. The Morgan fingerprint density at radius 1 is 1.30 bits per heavy atom. The summed E-state index contributed by atoms with van der Waals surface area (Å²) in [6.07, 6.45) is 3.52. The summed E-state index contributed by atoms with van der Waals surface area (Å²) in [6, 6.07) is 12.0. The Kier molecular flexibility index (Phi) is 7.68. The van der Waals surface area contributed by atoms with Crippen LogP contribution in [0.1, 0.15) is 46.5 Å². The zero-order chi connectivity index (χ0) is 22.7. The molecule has 0 fully saturated rings. The lowest BCUT2D eigenvalue weighted by Gasteiger charge is -2.38. The van der Waals surface area contributed by atoms with Crippen molar-refractivity contribution in [1.29, 1.82) is 0 Å². The molecule has 0 aliphatic carbocycles. The van der Waals surface area contributed by atoms with Gasteiger partial charge < -0.3 is 27.3 Å². The van der Waals surface area contributed by atoms with Crippen LogP contribution in [0.4, 0.5) is 5.69 Å². The van der Waals surface area contributed by atoms with Crippen LogP contribution in [0.15, 0.2) is 48.8 Å². The maximum atomic E-state index is 5.89. The van der Waals surface area contributed by atoms with E-state index in [1.165, 1.54) is 4.88 Å². The largest absolute Gasteiger partial charge is 0.481 e. The van der Waals surface area contributed by atoms with E-state index in [1.54, 1.807) is 30.0 Å². The first kappa shape index (κ1) is 24.6. The van der Waals surface area contributed by atoms with E-state index < -0.39 is 5.41 Å². The molecule has 1 aliphatic rings. The van der Waals surface area contributed by atoms with Crippen LogP contribution >= 0.6 is 23.6 Å². The van der Waals surface area contributed by atoms with Crippen molar-refractivity contribution in [1.82, 2.24) is 21.4 Å². The van der Waals surface area contributed by atoms with Gasteiger partial charge in [0.15, 0.2) is 0 Å². The Balaban J connectivity index is 0.00000306. The molecule has 33 heavy (non-hydrogen) atoms. The Morgan fingerprint density at radius 3 is 2.76 bits per heavy atom. The quantitative estimate of drug-likeness (QED) is 0.361. The number of nitrogens with zero attached hydrogens (tertiary/aromatic N) is 2. The van der Waals surface area contributed by atoms with E-state index in [9.17, 15) is 0 Å². The smallest absolute Gasteiger partial charge is 0.213 e. The molecule has 0 saturated carbocycles. The van der Waals surface area contributed by atoms with Crippen molar-refractivity contribution >= 4 is 40.3 Å². The van der Waals surface area contributed by atoms with Crippen LogP contribution in [0.25, 0.3) is 5.70 Å². The zero-order valence-corrected chi connectivity index (χ0v) is 20.7. The summed E-state index contributed by atoms with van der Waals surface area (Å²) in [6.45, 7) is 5.55. The summed E-state index contributed by atoms with van der Waals surface area (Å²) >= 11 is 7.37. The number of benzene rings is 1. The number of methoxy groups -OCH3 is 1. The number of nitrogens with two attached hydrogens (primary N) is 1. The topological polar surface area (TPSA) is 120 Å². The van der Waals surface area contributed by atoms with Gasteiger partial charge in [-0.2, -0.15) is 0 Å². The number of fused-ring (bicyclic) bond motifs is 1. The number of aromatic nitrogens is 2. The first-order chi connectivity index (χ1) is 15.5. The second kappa shape index (κ2) is 10.3. The van der Waals surface area contributed by atoms with Crippen LogP contribution in [0, 0.1) is 0 Å². The third-order valence-corrected chi connectivity index (χ3v) is 7.34. The van der Waals surface area contributed by atoms with Crippen molar-refractivity contribution in [2.24, 2.45) is 5.73 Å². The van der Waals surface area contributed by atoms with Crippen LogP contribution < -0.4 is 27.3 Å². The molecule has 1 unspecified atom stereocenters. The van der Waals surface area contributed by atoms with Crippen molar-refractivity contribution in [2.45, 2.75) is 31.7 Å². The summed E-state index contributed by atoms with van der Waals surface area (Å²) < 4.78 is 5.43. The monoisotopic (exact) mass is 482 g/mol. The normalized spacial score (nSPS) is 18.2. The molecule has 4 rings (SSSR count). The zero-order valence-electron chi connectivity index (χ0n) is 19.1. The highest BCUT2D eigenvalue weighted by molar-refractivity contribution is 7.79. The molecule has 3 heterocycles. The number of ether oxygens (including phenoxy) is 1. The summed E-state index contributed by atoms with van der Waals surface area (Å²) in [5, 5.41) is 9.98. The lowest BCUT2D eigenvalue weighted by molar-refractivity contribution is 0.393. The van der Waals surface area contributed by atoms with Crippen LogP contribution in [0.5, 0.6) is 5.88 Å². The molecule has 0 amide bonds. The van der Waals surface area contributed by atoms with Crippen LogP contribution in [-0.4, -0.2) is 29.0 Å². The van der Waals surface area contributed by atoms with E-state index >= 15 is 0 Å². The molecule has 2 aromatic heterocycles. The first-order valence-electron chi connectivity index (χ1n) is 10.5. The molecule has 1 aromatic carbocycles. The Morgan fingerprint density at radius 2 is 2.09 bits per heavy atom. The van der Waals surface area contributed by atoms with Gasteiger partial charge >= 0.3 is 0 Å². The minimum absolute atomic E-state index is 0. The minimum atomic E-state index is -0.633. The number of nitrogens with one attached hydrogen (secondary N) is 2. The van der Waals surface area contributed by atoms with Gasteiger partial charge in [-0.3, -0.25) is 0 Å². The predicted octanol–water partition coefficient (Wildman–Crippen LogP) is 4.59. The SMILES string of the molecule is COc1ccc2c(n1)C(C=S)(c1ccccc1NCc1cnc(C(C)C)s1)CN/C2=C\N.N. The van der Waals surface area contributed by atoms with Gasteiger partial charge in [0.25, 0.3) is 0 Å². The van der Waals surface area contributed by atoms with Crippen molar-refractivity contribution in [3.8, 4) is 5.88 Å². The molecular formula is C24H30N6OS2. The fourth-order valence-electron chi connectivity index (χ4n) is 3.94. The number of hydrogen-bond acceptors (Lipinski definition) is 9. The van der Waals surface area contributed by atoms with Gasteiger partial charge in [-0.1, -0.05) is 44.3 Å². The number of thiazole rings is 1. The third-order valence-electron chi connectivity index (χ3n) is 5.64. The molecule has 7 N–H and O–H groups in total. The van der Waals surface area contributed by atoms with Crippen LogP contribution in [0.2, 0.25) is 0 Å². The molecule has 174 valence electrons. The van der Waals surface area contributed by atoms with Crippen molar-refractivity contribution in [3.63, 3.8) is 0 Å². The van der Waals surface area contributed by atoms with Crippen LogP contribution in [-0.2, 0) is 12.0 Å². The van der Waals surface area contributed by atoms with E-state index in [4.69, 9.17) is 27.7 Å². The van der Waals surface area contributed by atoms with Crippen molar-refractivity contribution in [3.05, 3.63) is 75.5 Å². The lowest BCUT2D eigenvalue weighted by Crippen LogP contribution is -2.45. The molecule has 0 spiro atoms. The summed E-state index contributed by atoms with van der Waals surface area (Å²) in [4.78, 5) is 10.6. The van der Waals surface area contributed by atoms with E-state index in [0.29, 0.717) is 24.9 Å². The van der Waals surface area contributed by atoms with E-state index in [2.05, 4.69) is 41.6 Å². The highest BCUT2D eigenvalue weighted by atomic mass is 32.1. The Bertz CT molecular complexity index is 1160. The summed E-state index contributed by atoms with van der Waals surface area (Å²) in [5.74, 6) is 0.967. The minimum Gasteiger partial charge on any atom is -0.481 e. The van der Waals surface area contributed by atoms with E-state index in [1.807, 2.05) is 30.5 Å². The molecule has 1 atom stereocenters. The van der Waals surface area contributed by atoms with Gasteiger partial charge in [-0.15, -0.1) is 11.3 Å². The van der Waals surface area contributed by atoms with Gasteiger partial charge in [-0.25, -0.2) is 9.97 Å². The average Bonchev–Trinajstić information content (AvgIpc) is 3.31. The van der Waals surface area contributed by atoms with Gasteiger partial charge in [0.05, 0.1) is 35.5 Å². The second-order valence-electron chi connectivity index (χ2n) is 7.99. The number of pyridine rings is 1. The summed E-state index contributed by atoms with van der Waals surface area (Å²) in [5.41, 5.74) is 9.89. The van der Waals surface area contributed by atoms with Gasteiger partial charge in [0, 0.05) is 47.1 Å². The molecule has 0 bridgehead atoms. The Hall–Kier alpha value is -3.01. The van der Waals surface area contributed by atoms with Gasteiger partial charge in [-0.05, 0) is 23.1 Å². The Labute approximate surface area is 204 Å². The lowest BCUT2D eigenvalue weighted by atomic mass is 9.73. The van der Waals surface area contributed by atoms with Crippen molar-refractivity contribution < 1.29 is 4.74 Å². The molecule has 1 aliphatic heterocycles. The maximum Gasteiger partial charge on any atom is 0.213 e. The highest BCUT2D eigenvalue weighted by Crippen LogP contribution is 2.41. The fraction of sp³-hybridized carbons (Fsp3) is 0.292. The molecule has 0 radical (unpaired) electrons. The van der Waals surface area contributed by atoms with E-state index in [0.717, 1.165) is 33.2 Å². The highest BCUT2D eigenvalue weighted by Gasteiger charge is 2.41. The second-order valence-corrected chi connectivity index (χ2v) is 9.37. The average molecular weight is 483 g/mol. The number of anilines is 1. The molecule has 0 saturated heterocycles. The predicted molar refractivity (Wildman–Crippen MR) is 140 cm³/mol. The molecule has 9 heteroatoms. The van der Waals surface area contributed by atoms with Crippen LogP contribution in [0.3, 0.4) is 0 Å². The van der Waals surface area contributed by atoms with Gasteiger partial charge in [0.1, 0.15) is 0 Å². The summed E-state index contributed by atoms with van der Waals surface area (Å²) in [7, 11) is 1.62. The fourth-order valence-corrected chi connectivity index (χ4v) is 5.12. The number of para-hydroxylation sites is 1. The maximum absolute atomic E-state index is 5.89.